The van der Waals surface area contributed by atoms with Crippen LogP contribution in [0.1, 0.15) is 114 Å². The summed E-state index contributed by atoms with van der Waals surface area (Å²) >= 11 is 0. The van der Waals surface area contributed by atoms with Crippen LogP contribution in [-0.4, -0.2) is 152 Å². The molecule has 0 unspecified atom stereocenters. The summed E-state index contributed by atoms with van der Waals surface area (Å²) in [4.78, 5) is 156. The van der Waals surface area contributed by atoms with Gasteiger partial charge >= 0.3 is 17.9 Å². The first kappa shape index (κ1) is 59.6. The van der Waals surface area contributed by atoms with Gasteiger partial charge in [-0.15, -0.1) is 0 Å². The molecule has 1 aliphatic rings. The highest BCUT2D eigenvalue weighted by atomic mass is 16.4. The Balaban J connectivity index is 3.35. The smallest absolute Gasteiger partial charge is 0.326 e. The van der Waals surface area contributed by atoms with Crippen molar-refractivity contribution < 1.29 is 72.9 Å². The Labute approximate surface area is 395 Å². The number of nitrogens with two attached hydrogens (primary N) is 2. The lowest BCUT2D eigenvalue weighted by Crippen LogP contribution is -2.61. The SMILES string of the molecule is CC[C@H](C)[C@H](NC(=O)[C@H](CC(C)C)NC(=O)[C@@H](N)C(C)C)C(=O)N[C@@H](CCC(=O)O)C(=O)N[C@@H](CC(N)=O)C(=O)N1CCC[C@H]1C(=O)N[C@@H](C)C(=O)N[C@@H](CC(=O)O)C(=O)N[C@H](C(=O)O)C(C)C. The van der Waals surface area contributed by atoms with E-state index in [0.29, 0.717) is 6.42 Å². The zero-order chi connectivity index (χ0) is 52.3. The third-order valence-electron chi connectivity index (χ3n) is 11.3. The summed E-state index contributed by atoms with van der Waals surface area (Å²) in [6.45, 7) is 14.6. The molecule has 0 aliphatic carbocycles. The first-order chi connectivity index (χ1) is 31.5. The van der Waals surface area contributed by atoms with Crippen LogP contribution in [-0.2, 0) is 57.5 Å². The van der Waals surface area contributed by atoms with E-state index in [0.717, 1.165) is 4.90 Å². The monoisotopic (exact) mass is 969 g/mol. The predicted octanol–water partition coefficient (Wildman–Crippen LogP) is -2.58. The Kier molecular flexibility index (Phi) is 24.6. The van der Waals surface area contributed by atoms with Crippen LogP contribution in [0.2, 0.25) is 0 Å². The largest absolute Gasteiger partial charge is 0.481 e. The predicted molar refractivity (Wildman–Crippen MR) is 241 cm³/mol. The van der Waals surface area contributed by atoms with Crippen LogP contribution in [0.4, 0.5) is 0 Å². The van der Waals surface area contributed by atoms with Crippen LogP contribution in [0.25, 0.3) is 0 Å². The molecule has 1 heterocycles. The minimum atomic E-state index is -1.75. The molecule has 0 aromatic rings. The average Bonchev–Trinajstić information content (AvgIpc) is 3.73. The second kappa shape index (κ2) is 28.1. The number of hydrogen-bond acceptors (Lipinski definition) is 13. The third kappa shape index (κ3) is 19.4. The highest BCUT2D eigenvalue weighted by Gasteiger charge is 2.41. The molecule has 1 fully saturated rings. The van der Waals surface area contributed by atoms with Gasteiger partial charge < -0.3 is 68.9 Å². The minimum Gasteiger partial charge on any atom is -0.481 e. The van der Waals surface area contributed by atoms with Gasteiger partial charge in [0, 0.05) is 13.0 Å². The number of carboxylic acid groups (broad SMARTS) is 3. The summed E-state index contributed by atoms with van der Waals surface area (Å²) in [6, 6.07) is -12.7. The summed E-state index contributed by atoms with van der Waals surface area (Å²) in [5, 5.41) is 45.2. The van der Waals surface area contributed by atoms with Crippen molar-refractivity contribution in [1.29, 1.82) is 0 Å². The van der Waals surface area contributed by atoms with E-state index < -0.39 is 163 Å². The van der Waals surface area contributed by atoms with Gasteiger partial charge in [-0.3, -0.25) is 52.7 Å². The fourth-order valence-electron chi connectivity index (χ4n) is 7.03. The maximum atomic E-state index is 14.1. The van der Waals surface area contributed by atoms with Crippen molar-refractivity contribution >= 4 is 71.1 Å². The standard InChI is InChI=1S/C43H72N10O15/c1-10-22(8)34(52-37(61)25(16-19(2)3)49-40(64)32(45)20(4)5)41(65)47-24(13-14-30(55)56)36(60)50-27(17-29(44)54)42(66)53-15-11-12-28(53)39(63)46-23(9)35(59)48-26(18-31(57)58)38(62)51-33(21(6)7)43(67)68/h19-28,32-34H,10-18,45H2,1-9H3,(H2,44,54)(H,46,63)(H,47,65)(H,48,59)(H,49,64)(H,50,60)(H,51,62)(H,52,61)(H,55,56)(H,57,58)(H,67,68)/t22-,23-,24-,25-,26-,27-,28-,32-,33-,34-/m0/s1. The summed E-state index contributed by atoms with van der Waals surface area (Å²) in [5.41, 5.74) is 11.5. The number of carboxylic acids is 3. The van der Waals surface area contributed by atoms with Gasteiger partial charge in [0.15, 0.2) is 0 Å². The zero-order valence-electron chi connectivity index (χ0n) is 40.2. The van der Waals surface area contributed by atoms with Gasteiger partial charge in [0.1, 0.15) is 48.3 Å². The molecule has 0 aromatic carbocycles. The molecule has 1 saturated heterocycles. The lowest BCUT2D eigenvalue weighted by molar-refractivity contribution is -0.145. The third-order valence-corrected chi connectivity index (χ3v) is 11.3. The van der Waals surface area contributed by atoms with Gasteiger partial charge in [0.25, 0.3) is 0 Å². The van der Waals surface area contributed by atoms with Gasteiger partial charge in [-0.25, -0.2) is 4.79 Å². The molecule has 25 heteroatoms. The number of primary amides is 1. The number of aliphatic carboxylic acids is 3. The molecule has 1 rings (SSSR count). The molecular formula is C43H72N10O15. The molecule has 0 saturated carbocycles. The van der Waals surface area contributed by atoms with E-state index in [9.17, 15) is 72.9 Å². The average molecular weight is 969 g/mol. The molecule has 68 heavy (non-hydrogen) atoms. The van der Waals surface area contributed by atoms with E-state index in [1.165, 1.54) is 20.8 Å². The van der Waals surface area contributed by atoms with Gasteiger partial charge in [0.2, 0.25) is 53.2 Å². The molecule has 25 nitrogen and oxygen atoms in total. The molecule has 14 N–H and O–H groups in total. The minimum absolute atomic E-state index is 0.0330. The molecule has 10 atom stereocenters. The van der Waals surface area contributed by atoms with Crippen LogP contribution in [0.3, 0.4) is 0 Å². The van der Waals surface area contributed by atoms with Crippen LogP contribution in [0, 0.1) is 23.7 Å². The van der Waals surface area contributed by atoms with Gasteiger partial charge in [-0.05, 0) is 56.3 Å². The molecule has 0 spiro atoms. The number of rotatable bonds is 29. The maximum Gasteiger partial charge on any atom is 0.326 e. The van der Waals surface area contributed by atoms with Crippen molar-refractivity contribution in [1.82, 2.24) is 42.1 Å². The highest BCUT2D eigenvalue weighted by molar-refractivity contribution is 5.99. The number of amides is 9. The van der Waals surface area contributed by atoms with E-state index in [1.54, 1.807) is 27.7 Å². The maximum absolute atomic E-state index is 14.1. The number of hydrogen-bond donors (Lipinski definition) is 12. The second-order valence-electron chi connectivity index (χ2n) is 18.2. The van der Waals surface area contributed by atoms with E-state index in [4.69, 9.17) is 11.5 Å². The number of nitrogens with zero attached hydrogens (tertiary/aromatic N) is 1. The Morgan fingerprint density at radius 2 is 1.13 bits per heavy atom. The van der Waals surface area contributed by atoms with Crippen molar-refractivity contribution in [3.63, 3.8) is 0 Å². The fraction of sp³-hybridized carbons (Fsp3) is 0.721. The van der Waals surface area contributed by atoms with E-state index in [-0.39, 0.29) is 37.6 Å². The molecule has 384 valence electrons. The van der Waals surface area contributed by atoms with Gasteiger partial charge in [-0.2, -0.15) is 0 Å². The second-order valence-corrected chi connectivity index (χ2v) is 18.2. The molecule has 0 bridgehead atoms. The van der Waals surface area contributed by atoms with Crippen molar-refractivity contribution in [2.75, 3.05) is 6.54 Å². The Morgan fingerprint density at radius 3 is 1.63 bits per heavy atom. The number of nitrogens with one attached hydrogen (secondary N) is 7. The van der Waals surface area contributed by atoms with E-state index >= 15 is 0 Å². The topological polar surface area (TPSA) is 405 Å². The zero-order valence-corrected chi connectivity index (χ0v) is 40.2. The first-order valence-corrected chi connectivity index (χ1v) is 22.7. The van der Waals surface area contributed by atoms with Crippen LogP contribution >= 0.6 is 0 Å². The highest BCUT2D eigenvalue weighted by Crippen LogP contribution is 2.20. The van der Waals surface area contributed by atoms with Crippen LogP contribution in [0.15, 0.2) is 0 Å². The number of likely N-dealkylation sites (tertiary alicyclic amines) is 1. The molecule has 9 amide bonds. The lowest BCUT2D eigenvalue weighted by atomic mass is 9.95. The molecular weight excluding hydrogens is 897 g/mol. The summed E-state index contributed by atoms with van der Waals surface area (Å²) in [7, 11) is 0. The van der Waals surface area contributed by atoms with Crippen LogP contribution in [0.5, 0.6) is 0 Å². The molecule has 0 radical (unpaired) electrons. The Hall–Kier alpha value is -6.40. The van der Waals surface area contributed by atoms with Crippen molar-refractivity contribution in [2.24, 2.45) is 35.1 Å². The van der Waals surface area contributed by atoms with Crippen molar-refractivity contribution in [3.8, 4) is 0 Å². The van der Waals surface area contributed by atoms with E-state index in [1.807, 2.05) is 13.8 Å². The van der Waals surface area contributed by atoms with Crippen LogP contribution < -0.4 is 48.7 Å². The quantitative estimate of drug-likeness (QED) is 0.0366. The number of carbonyl (C=O) groups is 12. The molecule has 0 aromatic heterocycles. The number of carbonyl (C=O) groups excluding carboxylic acids is 9. The van der Waals surface area contributed by atoms with Gasteiger partial charge in [0.05, 0.1) is 18.9 Å². The summed E-state index contributed by atoms with van der Waals surface area (Å²) in [6.07, 6.45) is -2.15. The fourth-order valence-corrected chi connectivity index (χ4v) is 7.03. The Morgan fingerprint density at radius 1 is 0.603 bits per heavy atom. The summed E-state index contributed by atoms with van der Waals surface area (Å²) < 4.78 is 0. The summed E-state index contributed by atoms with van der Waals surface area (Å²) in [5.74, 6) is -14.2. The lowest BCUT2D eigenvalue weighted by Gasteiger charge is -2.31. The molecule has 1 aliphatic heterocycles. The van der Waals surface area contributed by atoms with Crippen molar-refractivity contribution in [2.45, 2.75) is 168 Å². The van der Waals surface area contributed by atoms with Gasteiger partial charge in [-0.1, -0.05) is 61.8 Å². The first-order valence-electron chi connectivity index (χ1n) is 22.7. The van der Waals surface area contributed by atoms with Crippen molar-refractivity contribution in [3.05, 3.63) is 0 Å². The normalized spacial score (nSPS) is 17.5. The van der Waals surface area contributed by atoms with E-state index in [2.05, 4.69) is 37.2 Å². The Bertz CT molecular complexity index is 1860.